The van der Waals surface area contributed by atoms with Crippen LogP contribution in [-0.2, 0) is 25.9 Å². The fourth-order valence-electron chi connectivity index (χ4n) is 4.46. The van der Waals surface area contributed by atoms with Crippen molar-refractivity contribution in [2.24, 2.45) is 0 Å². The summed E-state index contributed by atoms with van der Waals surface area (Å²) in [4.78, 5) is 27.6. The molecule has 3 aromatic rings. The summed E-state index contributed by atoms with van der Waals surface area (Å²) in [5.41, 5.74) is 1.09. The van der Waals surface area contributed by atoms with Crippen molar-refractivity contribution in [1.29, 1.82) is 5.26 Å². The van der Waals surface area contributed by atoms with E-state index < -0.39 is 21.7 Å². The highest BCUT2D eigenvalue weighted by Gasteiger charge is 2.36. The molecule has 0 N–H and O–H groups in total. The van der Waals surface area contributed by atoms with Gasteiger partial charge in [0.15, 0.2) is 0 Å². The molecule has 0 aromatic heterocycles. The molecule has 2 aliphatic heterocycles. The van der Waals surface area contributed by atoms with Gasteiger partial charge >= 0.3 is 5.97 Å². The van der Waals surface area contributed by atoms with Gasteiger partial charge in [-0.25, -0.2) is 13.2 Å². The number of amides is 1. The molecule has 3 aromatic carbocycles. The zero-order valence-corrected chi connectivity index (χ0v) is 20.0. The maximum absolute atomic E-state index is 13.7. The molecular weight excluding hydrogens is 480 g/mol. The summed E-state index contributed by atoms with van der Waals surface area (Å²) < 4.78 is 38.1. The average molecular weight is 503 g/mol. The van der Waals surface area contributed by atoms with Gasteiger partial charge < -0.3 is 14.4 Å². The molecule has 8 nitrogen and oxygen atoms in total. The lowest BCUT2D eigenvalue weighted by molar-refractivity contribution is 0.0161. The van der Waals surface area contributed by atoms with Crippen molar-refractivity contribution in [3.05, 3.63) is 89.0 Å². The van der Waals surface area contributed by atoms with Gasteiger partial charge in [0, 0.05) is 6.61 Å². The van der Waals surface area contributed by atoms with Gasteiger partial charge in [-0.2, -0.15) is 5.26 Å². The molecule has 5 rings (SSSR count). The van der Waals surface area contributed by atoms with Crippen LogP contribution in [0.3, 0.4) is 0 Å². The Kier molecular flexibility index (Phi) is 6.31. The Morgan fingerprint density at radius 3 is 2.64 bits per heavy atom. The lowest BCUT2D eigenvalue weighted by atomic mass is 10.1. The SMILES string of the molecule is N#Cc1ccccc1CN1C(=O)c2ccccc2S(=O)(=O)c2ccc(C(=O)OC[C@@H]3CCCO3)cc21. The van der Waals surface area contributed by atoms with Gasteiger partial charge in [0.25, 0.3) is 5.91 Å². The van der Waals surface area contributed by atoms with Crippen molar-refractivity contribution in [2.45, 2.75) is 35.3 Å². The van der Waals surface area contributed by atoms with E-state index in [0.29, 0.717) is 17.7 Å². The molecule has 0 aliphatic carbocycles. The number of fused-ring (bicyclic) bond motifs is 2. The maximum atomic E-state index is 13.7. The third-order valence-corrected chi connectivity index (χ3v) is 8.18. The molecule has 0 saturated carbocycles. The molecule has 2 aliphatic rings. The number of ether oxygens (including phenoxy) is 2. The van der Waals surface area contributed by atoms with Crippen LogP contribution in [0.2, 0.25) is 0 Å². The van der Waals surface area contributed by atoms with Crippen molar-refractivity contribution < 1.29 is 27.5 Å². The molecule has 182 valence electrons. The molecule has 0 unspecified atom stereocenters. The summed E-state index contributed by atoms with van der Waals surface area (Å²) in [5, 5.41) is 9.55. The van der Waals surface area contributed by atoms with Crippen molar-refractivity contribution in [2.75, 3.05) is 18.1 Å². The number of nitrogens with zero attached hydrogens (tertiary/aromatic N) is 2. The highest BCUT2D eigenvalue weighted by Crippen LogP contribution is 2.38. The van der Waals surface area contributed by atoms with Crippen molar-refractivity contribution in [1.82, 2.24) is 0 Å². The van der Waals surface area contributed by atoms with Gasteiger partial charge in [-0.1, -0.05) is 30.3 Å². The number of hydrogen-bond donors (Lipinski definition) is 0. The van der Waals surface area contributed by atoms with E-state index in [2.05, 4.69) is 6.07 Å². The summed E-state index contributed by atoms with van der Waals surface area (Å²) in [6.45, 7) is 0.659. The number of rotatable bonds is 5. The van der Waals surface area contributed by atoms with E-state index in [0.717, 1.165) is 12.8 Å². The second kappa shape index (κ2) is 9.57. The smallest absolute Gasteiger partial charge is 0.338 e. The molecule has 9 heteroatoms. The molecule has 1 atom stereocenters. The summed E-state index contributed by atoms with van der Waals surface area (Å²) >= 11 is 0. The van der Waals surface area contributed by atoms with Gasteiger partial charge in [-0.05, 0) is 54.8 Å². The van der Waals surface area contributed by atoms with E-state index >= 15 is 0 Å². The Bertz CT molecular complexity index is 1500. The second-order valence-corrected chi connectivity index (χ2v) is 10.5. The minimum Gasteiger partial charge on any atom is -0.459 e. The number of carbonyl (C=O) groups is 2. The summed E-state index contributed by atoms with van der Waals surface area (Å²) in [6, 6.07) is 19.0. The molecule has 1 saturated heterocycles. The van der Waals surface area contributed by atoms with Crippen LogP contribution in [0.5, 0.6) is 0 Å². The largest absolute Gasteiger partial charge is 0.459 e. The van der Waals surface area contributed by atoms with E-state index in [1.165, 1.54) is 35.2 Å². The first kappa shape index (κ1) is 23.7. The Morgan fingerprint density at radius 2 is 1.86 bits per heavy atom. The van der Waals surface area contributed by atoms with Crippen LogP contribution in [0, 0.1) is 11.3 Å². The van der Waals surface area contributed by atoms with Crippen LogP contribution in [-0.4, -0.2) is 39.6 Å². The maximum Gasteiger partial charge on any atom is 0.338 e. The van der Waals surface area contributed by atoms with Gasteiger partial charge in [0.1, 0.15) is 6.61 Å². The highest BCUT2D eigenvalue weighted by molar-refractivity contribution is 7.91. The second-order valence-electron chi connectivity index (χ2n) is 8.58. The first-order valence-corrected chi connectivity index (χ1v) is 13.0. The Hall–Kier alpha value is -4.00. The van der Waals surface area contributed by atoms with Gasteiger partial charge in [0.2, 0.25) is 9.84 Å². The summed E-state index contributed by atoms with van der Waals surface area (Å²) in [6.07, 6.45) is 1.54. The van der Waals surface area contributed by atoms with Crippen LogP contribution >= 0.6 is 0 Å². The number of carbonyl (C=O) groups excluding carboxylic acids is 2. The van der Waals surface area contributed by atoms with Gasteiger partial charge in [0.05, 0.1) is 50.9 Å². The van der Waals surface area contributed by atoms with E-state index in [4.69, 9.17) is 9.47 Å². The van der Waals surface area contributed by atoms with Crippen LogP contribution < -0.4 is 4.90 Å². The van der Waals surface area contributed by atoms with Crippen LogP contribution in [0.4, 0.5) is 5.69 Å². The average Bonchev–Trinajstić information content (AvgIpc) is 3.41. The lowest BCUT2D eigenvalue weighted by Crippen LogP contribution is -2.31. The van der Waals surface area contributed by atoms with Gasteiger partial charge in [-0.15, -0.1) is 0 Å². The minimum absolute atomic E-state index is 0.0191. The van der Waals surface area contributed by atoms with E-state index in [1.54, 1.807) is 36.4 Å². The fourth-order valence-corrected chi connectivity index (χ4v) is 6.09. The van der Waals surface area contributed by atoms with Gasteiger partial charge in [-0.3, -0.25) is 4.79 Å². The first-order chi connectivity index (χ1) is 17.4. The van der Waals surface area contributed by atoms with Crippen LogP contribution in [0.25, 0.3) is 0 Å². The van der Waals surface area contributed by atoms with E-state index in [1.807, 2.05) is 0 Å². The van der Waals surface area contributed by atoms with Crippen molar-refractivity contribution in [3.8, 4) is 6.07 Å². The monoisotopic (exact) mass is 502 g/mol. The predicted octanol–water partition coefficient (Wildman–Crippen LogP) is 3.89. The van der Waals surface area contributed by atoms with E-state index in [9.17, 15) is 23.3 Å². The molecule has 36 heavy (non-hydrogen) atoms. The van der Waals surface area contributed by atoms with Crippen LogP contribution in [0.1, 0.15) is 44.7 Å². The molecule has 0 radical (unpaired) electrons. The number of nitriles is 1. The zero-order chi connectivity index (χ0) is 25.3. The normalized spacial score (nSPS) is 18.0. The van der Waals surface area contributed by atoms with E-state index in [-0.39, 0.29) is 45.9 Å². The predicted molar refractivity (Wildman–Crippen MR) is 129 cm³/mol. The highest BCUT2D eigenvalue weighted by atomic mass is 32.2. The topological polar surface area (TPSA) is 114 Å². The quantitative estimate of drug-likeness (QED) is 0.486. The zero-order valence-electron chi connectivity index (χ0n) is 19.2. The molecular formula is C27H22N2O6S. The number of anilines is 1. The number of sulfone groups is 1. The summed E-state index contributed by atoms with van der Waals surface area (Å²) in [5.74, 6) is -1.19. The fraction of sp³-hybridized carbons (Fsp3) is 0.222. The van der Waals surface area contributed by atoms with Crippen LogP contribution in [0.15, 0.2) is 76.5 Å². The molecule has 1 fully saturated rings. The Labute approximate surface area is 208 Å². The lowest BCUT2D eigenvalue weighted by Gasteiger charge is -2.24. The number of hydrogen-bond acceptors (Lipinski definition) is 7. The molecule has 0 bridgehead atoms. The molecule has 2 heterocycles. The van der Waals surface area contributed by atoms with Crippen molar-refractivity contribution in [3.63, 3.8) is 0 Å². The van der Waals surface area contributed by atoms with Crippen molar-refractivity contribution >= 4 is 27.4 Å². The first-order valence-electron chi connectivity index (χ1n) is 11.5. The molecule has 1 amide bonds. The molecule has 0 spiro atoms. The standard InChI is InChI=1S/C27H22N2O6S/c28-15-19-6-1-2-7-20(19)16-29-23-14-18(27(31)35-17-21-8-5-13-34-21)11-12-25(23)36(32,33)24-10-4-3-9-22(24)26(29)30/h1-4,6-7,9-12,14,21H,5,8,13,16-17H2/t21-/m0/s1. The third kappa shape index (κ3) is 4.26. The minimum atomic E-state index is -4.08. The Morgan fingerprint density at radius 1 is 1.08 bits per heavy atom. The summed E-state index contributed by atoms with van der Waals surface area (Å²) in [7, 11) is -4.08. The Balaban J connectivity index is 1.61. The third-order valence-electron chi connectivity index (χ3n) is 6.32. The number of benzene rings is 3. The number of esters is 1.